The number of amides is 4. The lowest BCUT2D eigenvalue weighted by atomic mass is 9.89. The molecule has 2 N–H and O–H groups in total. The molecule has 2 unspecified atom stereocenters. The van der Waals surface area contributed by atoms with Gasteiger partial charge in [0.25, 0.3) is 5.91 Å². The second-order valence-corrected chi connectivity index (χ2v) is 8.52. The second-order valence-electron chi connectivity index (χ2n) is 8.52. The van der Waals surface area contributed by atoms with E-state index >= 15 is 0 Å². The molecule has 1 aromatic rings. The summed E-state index contributed by atoms with van der Waals surface area (Å²) in [6.45, 7) is 1.14. The Balaban J connectivity index is 1.47. The zero-order valence-electron chi connectivity index (χ0n) is 17.0. The number of halogens is 3. The molecule has 0 bridgehead atoms. The maximum Gasteiger partial charge on any atom is 0.425 e. The first-order valence-corrected chi connectivity index (χ1v) is 10.5. The highest BCUT2D eigenvalue weighted by Gasteiger charge is 2.68. The Kier molecular flexibility index (Phi) is 5.67. The molecule has 4 rings (SSSR count). The lowest BCUT2D eigenvalue weighted by molar-refractivity contribution is -0.198. The molecule has 3 aliphatic rings. The van der Waals surface area contributed by atoms with Gasteiger partial charge in [-0.15, -0.1) is 0 Å². The molecule has 1 saturated carbocycles. The lowest BCUT2D eigenvalue weighted by Crippen LogP contribution is -2.56. The standard InChI is InChI=1S/C21H25F3N4O3/c22-21(23,24)20(16-6-2-1-3-7-16)18(30)28(19(31)26-20)13-27-10-4-5-15(12-27)17(29)25-11-14-8-9-14/h1-3,6-7,14-15H,4-5,8-13H2,(H,25,29)(H,26,31). The summed E-state index contributed by atoms with van der Waals surface area (Å²) in [6, 6.07) is 5.58. The van der Waals surface area contributed by atoms with Gasteiger partial charge < -0.3 is 10.6 Å². The number of carbonyl (C=O) groups excluding carboxylic acids is 3. The fourth-order valence-corrected chi connectivity index (χ4v) is 4.25. The van der Waals surface area contributed by atoms with Crippen molar-refractivity contribution in [2.24, 2.45) is 11.8 Å². The van der Waals surface area contributed by atoms with Gasteiger partial charge in [-0.05, 0) is 43.7 Å². The molecule has 0 spiro atoms. The van der Waals surface area contributed by atoms with Crippen LogP contribution in [0.3, 0.4) is 0 Å². The lowest BCUT2D eigenvalue weighted by Gasteiger charge is -2.34. The van der Waals surface area contributed by atoms with E-state index in [-0.39, 0.29) is 30.6 Å². The molecule has 10 heteroatoms. The third-order valence-corrected chi connectivity index (χ3v) is 6.22. The molecule has 2 atom stereocenters. The number of nitrogens with one attached hydrogen (secondary N) is 2. The van der Waals surface area contributed by atoms with Crippen molar-refractivity contribution in [3.05, 3.63) is 35.9 Å². The van der Waals surface area contributed by atoms with Gasteiger partial charge in [0, 0.05) is 13.1 Å². The van der Waals surface area contributed by atoms with E-state index in [4.69, 9.17) is 0 Å². The predicted molar refractivity (Wildman–Crippen MR) is 104 cm³/mol. The van der Waals surface area contributed by atoms with E-state index in [9.17, 15) is 27.6 Å². The van der Waals surface area contributed by atoms with E-state index in [0.29, 0.717) is 36.7 Å². The zero-order valence-corrected chi connectivity index (χ0v) is 17.0. The fourth-order valence-electron chi connectivity index (χ4n) is 4.25. The van der Waals surface area contributed by atoms with Crippen LogP contribution in [-0.4, -0.2) is 60.1 Å². The van der Waals surface area contributed by atoms with Gasteiger partial charge in [-0.25, -0.2) is 9.69 Å². The van der Waals surface area contributed by atoms with E-state index in [2.05, 4.69) is 5.32 Å². The largest absolute Gasteiger partial charge is 0.425 e. The van der Waals surface area contributed by atoms with Gasteiger partial charge in [0.05, 0.1) is 12.6 Å². The van der Waals surface area contributed by atoms with Crippen LogP contribution in [-0.2, 0) is 15.1 Å². The van der Waals surface area contributed by atoms with Gasteiger partial charge in [-0.1, -0.05) is 30.3 Å². The number of carbonyl (C=O) groups is 3. The highest BCUT2D eigenvalue weighted by Crippen LogP contribution is 2.43. The Hall–Kier alpha value is -2.62. The SMILES string of the molecule is O=C(NCC1CC1)C1CCCN(CN2C(=O)NC(c3ccccc3)(C(F)(F)F)C2=O)C1. The number of imide groups is 1. The minimum Gasteiger partial charge on any atom is -0.356 e. The first kappa shape index (κ1) is 21.6. The van der Waals surface area contributed by atoms with E-state index in [0.717, 1.165) is 12.8 Å². The third kappa shape index (κ3) is 4.13. The predicted octanol–water partition coefficient (Wildman–Crippen LogP) is 2.19. The van der Waals surface area contributed by atoms with Crippen LogP contribution in [0.5, 0.6) is 0 Å². The molecule has 0 aromatic heterocycles. The minimum atomic E-state index is -5.01. The molecular formula is C21H25F3N4O3. The van der Waals surface area contributed by atoms with E-state index in [1.165, 1.54) is 30.3 Å². The van der Waals surface area contributed by atoms with Crippen LogP contribution in [0.25, 0.3) is 0 Å². The Labute approximate surface area is 177 Å². The first-order valence-electron chi connectivity index (χ1n) is 10.5. The average molecular weight is 438 g/mol. The summed E-state index contributed by atoms with van der Waals surface area (Å²) in [7, 11) is 0. The van der Waals surface area contributed by atoms with Crippen LogP contribution >= 0.6 is 0 Å². The number of hydrogen-bond acceptors (Lipinski definition) is 4. The van der Waals surface area contributed by atoms with Crippen molar-refractivity contribution in [1.82, 2.24) is 20.4 Å². The van der Waals surface area contributed by atoms with Crippen LogP contribution in [0.1, 0.15) is 31.2 Å². The average Bonchev–Trinajstić information content (AvgIpc) is 3.54. The molecule has 1 aromatic carbocycles. The number of alkyl halides is 3. The molecule has 1 aliphatic carbocycles. The number of nitrogens with zero attached hydrogens (tertiary/aromatic N) is 2. The van der Waals surface area contributed by atoms with Crippen LogP contribution in [0.2, 0.25) is 0 Å². The van der Waals surface area contributed by atoms with Crippen molar-refractivity contribution in [2.45, 2.75) is 37.4 Å². The van der Waals surface area contributed by atoms with Gasteiger partial charge in [0.15, 0.2) is 0 Å². The van der Waals surface area contributed by atoms with Crippen LogP contribution < -0.4 is 10.6 Å². The van der Waals surface area contributed by atoms with Gasteiger partial charge in [-0.3, -0.25) is 14.5 Å². The molecule has 168 valence electrons. The summed E-state index contributed by atoms with van der Waals surface area (Å²) >= 11 is 0. The molecular weight excluding hydrogens is 413 g/mol. The number of hydrogen-bond donors (Lipinski definition) is 2. The van der Waals surface area contributed by atoms with Crippen molar-refractivity contribution in [3.8, 4) is 0 Å². The molecule has 2 aliphatic heterocycles. The Morgan fingerprint density at radius 2 is 1.87 bits per heavy atom. The summed E-state index contributed by atoms with van der Waals surface area (Å²) in [4.78, 5) is 40.2. The highest BCUT2D eigenvalue weighted by atomic mass is 19.4. The molecule has 4 amide bonds. The van der Waals surface area contributed by atoms with Gasteiger partial charge in [-0.2, -0.15) is 13.2 Å². The Morgan fingerprint density at radius 3 is 2.52 bits per heavy atom. The fraction of sp³-hybridized carbons (Fsp3) is 0.571. The monoisotopic (exact) mass is 438 g/mol. The number of rotatable bonds is 6. The normalized spacial score (nSPS) is 27.3. The summed E-state index contributed by atoms with van der Waals surface area (Å²) in [5.74, 6) is -1.20. The maximum absolute atomic E-state index is 14.1. The third-order valence-electron chi connectivity index (χ3n) is 6.22. The van der Waals surface area contributed by atoms with Crippen molar-refractivity contribution in [3.63, 3.8) is 0 Å². The summed E-state index contributed by atoms with van der Waals surface area (Å²) in [6.07, 6.45) is -1.45. The molecule has 3 fully saturated rings. The van der Waals surface area contributed by atoms with Gasteiger partial charge in [0.1, 0.15) is 0 Å². The van der Waals surface area contributed by atoms with Crippen molar-refractivity contribution < 1.29 is 27.6 Å². The maximum atomic E-state index is 14.1. The van der Waals surface area contributed by atoms with Gasteiger partial charge >= 0.3 is 12.2 Å². The highest BCUT2D eigenvalue weighted by molar-refractivity contribution is 6.08. The quantitative estimate of drug-likeness (QED) is 0.668. The number of piperidine rings is 1. The Bertz CT molecular complexity index is 859. The van der Waals surface area contributed by atoms with Crippen molar-refractivity contribution in [2.75, 3.05) is 26.3 Å². The molecule has 7 nitrogen and oxygen atoms in total. The van der Waals surface area contributed by atoms with E-state index < -0.39 is 23.7 Å². The smallest absolute Gasteiger partial charge is 0.356 e. The van der Waals surface area contributed by atoms with Crippen LogP contribution in [0.4, 0.5) is 18.0 Å². The second kappa shape index (κ2) is 8.14. The molecule has 2 heterocycles. The molecule has 2 saturated heterocycles. The number of benzene rings is 1. The molecule has 31 heavy (non-hydrogen) atoms. The Morgan fingerprint density at radius 1 is 1.16 bits per heavy atom. The van der Waals surface area contributed by atoms with Crippen molar-refractivity contribution in [1.29, 1.82) is 0 Å². The van der Waals surface area contributed by atoms with Crippen molar-refractivity contribution >= 4 is 17.8 Å². The van der Waals surface area contributed by atoms with Crippen LogP contribution in [0, 0.1) is 11.8 Å². The minimum absolute atomic E-state index is 0.0808. The number of urea groups is 1. The summed E-state index contributed by atoms with van der Waals surface area (Å²) in [5.41, 5.74) is -3.44. The summed E-state index contributed by atoms with van der Waals surface area (Å²) < 4.78 is 42.2. The first-order chi connectivity index (χ1) is 14.7. The van der Waals surface area contributed by atoms with E-state index in [1.54, 1.807) is 4.90 Å². The van der Waals surface area contributed by atoms with Gasteiger partial charge in [0.2, 0.25) is 11.4 Å². The topological polar surface area (TPSA) is 81.8 Å². The zero-order chi connectivity index (χ0) is 22.2. The van der Waals surface area contributed by atoms with Crippen LogP contribution in [0.15, 0.2) is 30.3 Å². The molecule has 0 radical (unpaired) electrons. The summed E-state index contributed by atoms with van der Waals surface area (Å²) in [5, 5.41) is 4.82. The number of likely N-dealkylation sites (tertiary alicyclic amines) is 1. The van der Waals surface area contributed by atoms with E-state index in [1.807, 2.05) is 5.32 Å².